The summed E-state index contributed by atoms with van der Waals surface area (Å²) in [6, 6.07) is 13.5. The van der Waals surface area contributed by atoms with E-state index in [9.17, 15) is 0 Å². The summed E-state index contributed by atoms with van der Waals surface area (Å²) in [6.07, 6.45) is 11.5. The molecule has 0 bridgehead atoms. The van der Waals surface area contributed by atoms with Crippen LogP contribution in [-0.2, 0) is 10.2 Å². The number of aromatic nitrogens is 5. The van der Waals surface area contributed by atoms with Crippen LogP contribution in [0.25, 0.3) is 22.6 Å². The molecule has 0 spiro atoms. The molecule has 0 N–H and O–H groups in total. The van der Waals surface area contributed by atoms with E-state index >= 15 is 0 Å². The SMILES string of the molecule is c1cc(C2(c3noc(-c4cnn(C5COC5)c4)n3)CCC2)ccc1-c1ccc(C2CC2)nc1. The highest BCUT2D eigenvalue weighted by atomic mass is 16.5. The number of benzene rings is 1. The van der Waals surface area contributed by atoms with Gasteiger partial charge in [-0.1, -0.05) is 41.9 Å². The third kappa shape index (κ3) is 3.22. The van der Waals surface area contributed by atoms with Crippen LogP contribution in [-0.4, -0.2) is 38.1 Å². The second-order valence-corrected chi connectivity index (χ2v) is 9.58. The molecule has 4 aromatic rings. The molecule has 7 heteroatoms. The van der Waals surface area contributed by atoms with Crippen LogP contribution in [0.5, 0.6) is 0 Å². The summed E-state index contributed by atoms with van der Waals surface area (Å²) in [5.41, 5.74) is 5.49. The van der Waals surface area contributed by atoms with Crippen molar-refractivity contribution >= 4 is 0 Å². The minimum absolute atomic E-state index is 0.174. The monoisotopic (exact) mass is 439 g/mol. The van der Waals surface area contributed by atoms with E-state index in [1.807, 2.05) is 17.1 Å². The topological polar surface area (TPSA) is 78.9 Å². The average Bonchev–Trinajstić information content (AvgIpc) is 3.33. The summed E-state index contributed by atoms with van der Waals surface area (Å²) >= 11 is 0. The highest BCUT2D eigenvalue weighted by Gasteiger charge is 2.44. The van der Waals surface area contributed by atoms with E-state index in [2.05, 4.69) is 51.6 Å². The van der Waals surface area contributed by atoms with Crippen molar-refractivity contribution in [1.29, 1.82) is 0 Å². The van der Waals surface area contributed by atoms with Crippen molar-refractivity contribution in [3.05, 3.63) is 72.1 Å². The minimum Gasteiger partial charge on any atom is -0.377 e. The molecule has 7 nitrogen and oxygen atoms in total. The average molecular weight is 440 g/mol. The zero-order valence-corrected chi connectivity index (χ0v) is 18.4. The number of hydrogen-bond donors (Lipinski definition) is 0. The first kappa shape index (κ1) is 19.2. The van der Waals surface area contributed by atoms with Crippen LogP contribution in [0.1, 0.15) is 61.1 Å². The summed E-state index contributed by atoms with van der Waals surface area (Å²) < 4.78 is 12.9. The van der Waals surface area contributed by atoms with Crippen LogP contribution in [0, 0.1) is 0 Å². The normalized spacial score (nSPS) is 19.8. The molecule has 4 heterocycles. The van der Waals surface area contributed by atoms with Gasteiger partial charge in [-0.05, 0) is 42.9 Å². The fourth-order valence-corrected chi connectivity index (χ4v) is 4.91. The molecule has 1 aliphatic heterocycles. The molecule has 3 fully saturated rings. The van der Waals surface area contributed by atoms with E-state index in [0.29, 0.717) is 31.1 Å². The molecule has 1 saturated heterocycles. The third-order valence-electron chi connectivity index (χ3n) is 7.46. The summed E-state index contributed by atoms with van der Waals surface area (Å²) in [7, 11) is 0. The Kier molecular flexibility index (Phi) is 4.27. The number of ether oxygens (including phenoxy) is 1. The van der Waals surface area contributed by atoms with Crippen LogP contribution < -0.4 is 0 Å². The molecular formula is C26H25N5O2. The molecule has 0 amide bonds. The van der Waals surface area contributed by atoms with Gasteiger partial charge in [0.1, 0.15) is 0 Å². The molecule has 33 heavy (non-hydrogen) atoms. The molecule has 0 radical (unpaired) electrons. The van der Waals surface area contributed by atoms with Crippen LogP contribution >= 0.6 is 0 Å². The molecule has 3 aliphatic rings. The zero-order valence-electron chi connectivity index (χ0n) is 18.4. The lowest BCUT2D eigenvalue weighted by Crippen LogP contribution is -2.36. The van der Waals surface area contributed by atoms with Gasteiger partial charge in [-0.3, -0.25) is 9.67 Å². The quantitative estimate of drug-likeness (QED) is 0.425. The Bertz CT molecular complexity index is 1280. The maximum Gasteiger partial charge on any atom is 0.261 e. The van der Waals surface area contributed by atoms with E-state index in [0.717, 1.165) is 36.2 Å². The summed E-state index contributed by atoms with van der Waals surface area (Å²) in [5, 5.41) is 8.85. The van der Waals surface area contributed by atoms with E-state index < -0.39 is 0 Å². The van der Waals surface area contributed by atoms with Gasteiger partial charge >= 0.3 is 0 Å². The van der Waals surface area contributed by atoms with Crippen molar-refractivity contribution in [2.75, 3.05) is 13.2 Å². The summed E-state index contributed by atoms with van der Waals surface area (Å²) in [4.78, 5) is 9.48. The number of hydrogen-bond acceptors (Lipinski definition) is 6. The van der Waals surface area contributed by atoms with Crippen LogP contribution in [0.4, 0.5) is 0 Å². The van der Waals surface area contributed by atoms with E-state index in [1.165, 1.54) is 29.7 Å². The van der Waals surface area contributed by atoms with Gasteiger partial charge in [0.25, 0.3) is 5.89 Å². The fourth-order valence-electron chi connectivity index (χ4n) is 4.91. The maximum atomic E-state index is 5.67. The number of pyridine rings is 1. The molecule has 7 rings (SSSR count). The Morgan fingerprint density at radius 2 is 1.73 bits per heavy atom. The van der Waals surface area contributed by atoms with Crippen LogP contribution in [0.2, 0.25) is 0 Å². The van der Waals surface area contributed by atoms with Gasteiger partial charge in [-0.25, -0.2) is 0 Å². The lowest BCUT2D eigenvalue weighted by atomic mass is 9.64. The zero-order chi connectivity index (χ0) is 21.8. The van der Waals surface area contributed by atoms with Gasteiger partial charge in [0, 0.05) is 29.6 Å². The second kappa shape index (κ2) is 7.35. The Balaban J connectivity index is 1.14. The van der Waals surface area contributed by atoms with Crippen molar-refractivity contribution in [2.45, 2.75) is 49.5 Å². The smallest absolute Gasteiger partial charge is 0.261 e. The lowest BCUT2D eigenvalue weighted by Gasteiger charge is -2.39. The number of nitrogens with zero attached hydrogens (tertiary/aromatic N) is 5. The van der Waals surface area contributed by atoms with Crippen molar-refractivity contribution in [3.63, 3.8) is 0 Å². The minimum atomic E-state index is -0.174. The van der Waals surface area contributed by atoms with Gasteiger partial charge in [0.2, 0.25) is 0 Å². The fraction of sp³-hybridized carbons (Fsp3) is 0.385. The van der Waals surface area contributed by atoms with Crippen LogP contribution in [0.3, 0.4) is 0 Å². The second-order valence-electron chi connectivity index (χ2n) is 9.58. The molecule has 2 saturated carbocycles. The highest BCUT2D eigenvalue weighted by molar-refractivity contribution is 5.63. The first-order valence-corrected chi connectivity index (χ1v) is 11.8. The molecular weight excluding hydrogens is 414 g/mol. The van der Waals surface area contributed by atoms with Gasteiger partial charge < -0.3 is 9.26 Å². The van der Waals surface area contributed by atoms with Crippen molar-refractivity contribution < 1.29 is 9.26 Å². The van der Waals surface area contributed by atoms with Crippen molar-refractivity contribution in [2.24, 2.45) is 0 Å². The van der Waals surface area contributed by atoms with Crippen molar-refractivity contribution in [1.82, 2.24) is 24.9 Å². The summed E-state index contributed by atoms with van der Waals surface area (Å²) in [5.74, 6) is 1.98. The van der Waals surface area contributed by atoms with Gasteiger partial charge in [0.05, 0.1) is 36.4 Å². The highest BCUT2D eigenvalue weighted by Crippen LogP contribution is 2.48. The standard InChI is InChI=1S/C26H25N5O2/c1-10-26(11-1,25-29-24(33-30-25)20-13-28-31(14-20)22-15-32-16-22)21-7-4-17(5-8-21)19-6-9-23(27-12-19)18-2-3-18/h4-9,12-14,18,22H,1-3,10-11,15-16H2. The third-order valence-corrected chi connectivity index (χ3v) is 7.46. The largest absolute Gasteiger partial charge is 0.377 e. The molecule has 3 aromatic heterocycles. The first-order valence-electron chi connectivity index (χ1n) is 11.8. The lowest BCUT2D eigenvalue weighted by molar-refractivity contribution is -0.0286. The number of rotatable bonds is 6. The van der Waals surface area contributed by atoms with Crippen LogP contribution in [0.15, 0.2) is 59.5 Å². The van der Waals surface area contributed by atoms with Crippen molar-refractivity contribution in [3.8, 4) is 22.6 Å². The Labute approximate surface area is 191 Å². The maximum absolute atomic E-state index is 5.67. The van der Waals surface area contributed by atoms with Gasteiger partial charge in [-0.2, -0.15) is 10.1 Å². The summed E-state index contributed by atoms with van der Waals surface area (Å²) in [6.45, 7) is 1.41. The molecule has 1 aromatic carbocycles. The Morgan fingerprint density at radius 1 is 0.909 bits per heavy atom. The van der Waals surface area contributed by atoms with Gasteiger partial charge in [-0.15, -0.1) is 0 Å². The predicted molar refractivity (Wildman–Crippen MR) is 122 cm³/mol. The Hall–Kier alpha value is -3.32. The van der Waals surface area contributed by atoms with E-state index in [1.54, 1.807) is 6.20 Å². The first-order chi connectivity index (χ1) is 16.3. The van der Waals surface area contributed by atoms with E-state index in [4.69, 9.17) is 14.2 Å². The molecule has 2 aliphatic carbocycles. The molecule has 0 atom stereocenters. The molecule has 166 valence electrons. The predicted octanol–water partition coefficient (Wildman–Crippen LogP) is 4.91. The van der Waals surface area contributed by atoms with Gasteiger partial charge in [0.15, 0.2) is 5.82 Å². The molecule has 0 unspecified atom stereocenters. The van der Waals surface area contributed by atoms with E-state index in [-0.39, 0.29) is 5.41 Å². The Morgan fingerprint density at radius 3 is 2.36 bits per heavy atom.